The lowest BCUT2D eigenvalue weighted by molar-refractivity contribution is 0.0711. The van der Waals surface area contributed by atoms with Crippen LogP contribution in [0.4, 0.5) is 0 Å². The van der Waals surface area contributed by atoms with Gasteiger partial charge in [-0.3, -0.25) is 0 Å². The van der Waals surface area contributed by atoms with E-state index < -0.39 is 0 Å². The molecule has 2 heteroatoms. The maximum atomic E-state index is 9.41. The molecule has 0 amide bonds. The van der Waals surface area contributed by atoms with E-state index in [0.717, 1.165) is 18.4 Å². The Hall–Kier alpha value is -0.0800. The molecule has 0 aliphatic heterocycles. The molecule has 1 aliphatic carbocycles. The number of aliphatic hydroxyl groups is 1. The van der Waals surface area contributed by atoms with E-state index in [4.69, 9.17) is 0 Å². The Bertz CT molecular complexity index is 181. The van der Waals surface area contributed by atoms with E-state index in [0.29, 0.717) is 6.04 Å². The molecule has 1 fully saturated rings. The van der Waals surface area contributed by atoms with Crippen LogP contribution in [-0.4, -0.2) is 35.2 Å². The molecule has 1 rings (SSSR count). The van der Waals surface area contributed by atoms with Crippen LogP contribution in [0.1, 0.15) is 52.9 Å². The molecule has 0 spiro atoms. The number of rotatable bonds is 4. The Balaban J connectivity index is 2.46. The SMILES string of the molecule is CC(O)CC(C)N(C)C1CCCCC1C. The molecule has 0 saturated heterocycles. The summed E-state index contributed by atoms with van der Waals surface area (Å²) in [5.41, 5.74) is 0. The summed E-state index contributed by atoms with van der Waals surface area (Å²) in [4.78, 5) is 2.48. The molecule has 0 aromatic heterocycles. The van der Waals surface area contributed by atoms with Gasteiger partial charge in [0.1, 0.15) is 0 Å². The fraction of sp³-hybridized carbons (Fsp3) is 1.00. The van der Waals surface area contributed by atoms with Gasteiger partial charge in [-0.15, -0.1) is 0 Å². The number of hydrogen-bond acceptors (Lipinski definition) is 2. The molecule has 90 valence electrons. The minimum atomic E-state index is -0.179. The molecule has 0 aromatic rings. The molecule has 4 unspecified atom stereocenters. The maximum absolute atomic E-state index is 9.41. The molecule has 0 radical (unpaired) electrons. The van der Waals surface area contributed by atoms with Crippen LogP contribution in [0.2, 0.25) is 0 Å². The first-order valence-corrected chi connectivity index (χ1v) is 6.42. The van der Waals surface area contributed by atoms with Crippen molar-refractivity contribution >= 4 is 0 Å². The lowest BCUT2D eigenvalue weighted by atomic mass is 9.84. The van der Waals surface area contributed by atoms with Gasteiger partial charge in [0, 0.05) is 12.1 Å². The predicted octanol–water partition coefficient (Wildman–Crippen LogP) is 2.66. The molecular formula is C13H27NO. The normalized spacial score (nSPS) is 31.6. The fourth-order valence-corrected chi connectivity index (χ4v) is 2.89. The molecule has 1 aliphatic rings. The lowest BCUT2D eigenvalue weighted by Gasteiger charge is -2.40. The highest BCUT2D eigenvalue weighted by atomic mass is 16.3. The van der Waals surface area contributed by atoms with Crippen molar-refractivity contribution in [2.24, 2.45) is 5.92 Å². The van der Waals surface area contributed by atoms with E-state index in [9.17, 15) is 5.11 Å². The molecule has 1 N–H and O–H groups in total. The van der Waals surface area contributed by atoms with E-state index in [1.807, 2.05) is 6.92 Å². The molecule has 2 nitrogen and oxygen atoms in total. The highest BCUT2D eigenvalue weighted by Crippen LogP contribution is 2.28. The monoisotopic (exact) mass is 213 g/mol. The van der Waals surface area contributed by atoms with Gasteiger partial charge in [-0.25, -0.2) is 0 Å². The van der Waals surface area contributed by atoms with Crippen molar-refractivity contribution in [1.82, 2.24) is 4.90 Å². The Morgan fingerprint density at radius 2 is 1.87 bits per heavy atom. The minimum absolute atomic E-state index is 0.179. The summed E-state index contributed by atoms with van der Waals surface area (Å²) >= 11 is 0. The smallest absolute Gasteiger partial charge is 0.0526 e. The average Bonchev–Trinajstić information content (AvgIpc) is 2.16. The summed E-state index contributed by atoms with van der Waals surface area (Å²) in [5.74, 6) is 0.820. The van der Waals surface area contributed by atoms with Crippen molar-refractivity contribution in [2.75, 3.05) is 7.05 Å². The van der Waals surface area contributed by atoms with Crippen molar-refractivity contribution in [3.63, 3.8) is 0 Å². The van der Waals surface area contributed by atoms with Gasteiger partial charge in [0.2, 0.25) is 0 Å². The number of aliphatic hydroxyl groups excluding tert-OH is 1. The van der Waals surface area contributed by atoms with Gasteiger partial charge >= 0.3 is 0 Å². The van der Waals surface area contributed by atoms with Crippen molar-refractivity contribution < 1.29 is 5.11 Å². The van der Waals surface area contributed by atoms with Gasteiger partial charge in [0.25, 0.3) is 0 Å². The summed E-state index contributed by atoms with van der Waals surface area (Å²) in [5, 5.41) is 9.41. The first-order valence-electron chi connectivity index (χ1n) is 6.42. The van der Waals surface area contributed by atoms with E-state index in [-0.39, 0.29) is 6.10 Å². The van der Waals surface area contributed by atoms with Crippen LogP contribution < -0.4 is 0 Å². The van der Waals surface area contributed by atoms with Crippen LogP contribution in [0, 0.1) is 5.92 Å². The van der Waals surface area contributed by atoms with Crippen LogP contribution in [0.3, 0.4) is 0 Å². The first kappa shape index (κ1) is 13.0. The van der Waals surface area contributed by atoms with Gasteiger partial charge in [0.05, 0.1) is 6.10 Å². The Labute approximate surface area is 94.7 Å². The highest BCUT2D eigenvalue weighted by Gasteiger charge is 2.27. The predicted molar refractivity (Wildman–Crippen MR) is 64.9 cm³/mol. The second kappa shape index (κ2) is 5.86. The third kappa shape index (κ3) is 3.76. The van der Waals surface area contributed by atoms with Crippen molar-refractivity contribution in [3.05, 3.63) is 0 Å². The van der Waals surface area contributed by atoms with Gasteiger partial charge in [-0.1, -0.05) is 19.8 Å². The quantitative estimate of drug-likeness (QED) is 0.776. The summed E-state index contributed by atoms with van der Waals surface area (Å²) in [6.07, 6.45) is 6.19. The molecular weight excluding hydrogens is 186 g/mol. The van der Waals surface area contributed by atoms with Crippen molar-refractivity contribution in [3.8, 4) is 0 Å². The van der Waals surface area contributed by atoms with Crippen molar-refractivity contribution in [1.29, 1.82) is 0 Å². The third-order valence-electron chi connectivity index (χ3n) is 3.97. The molecule has 0 bridgehead atoms. The summed E-state index contributed by atoms with van der Waals surface area (Å²) < 4.78 is 0. The van der Waals surface area contributed by atoms with Gasteiger partial charge in [-0.05, 0) is 46.1 Å². The zero-order chi connectivity index (χ0) is 11.4. The zero-order valence-electron chi connectivity index (χ0n) is 10.7. The van der Waals surface area contributed by atoms with Gasteiger partial charge in [0.15, 0.2) is 0 Å². The summed E-state index contributed by atoms with van der Waals surface area (Å²) in [6.45, 7) is 6.48. The third-order valence-corrected chi connectivity index (χ3v) is 3.97. The van der Waals surface area contributed by atoms with Crippen LogP contribution in [-0.2, 0) is 0 Å². The van der Waals surface area contributed by atoms with Crippen LogP contribution in [0.25, 0.3) is 0 Å². The Morgan fingerprint density at radius 1 is 1.27 bits per heavy atom. The summed E-state index contributed by atoms with van der Waals surface area (Å²) in [6, 6.07) is 1.23. The number of hydrogen-bond donors (Lipinski definition) is 1. The van der Waals surface area contributed by atoms with Crippen LogP contribution >= 0.6 is 0 Å². The van der Waals surface area contributed by atoms with E-state index in [2.05, 4.69) is 25.8 Å². The summed E-state index contributed by atoms with van der Waals surface area (Å²) in [7, 11) is 2.22. The fourth-order valence-electron chi connectivity index (χ4n) is 2.89. The molecule has 1 saturated carbocycles. The molecule has 15 heavy (non-hydrogen) atoms. The van der Waals surface area contributed by atoms with E-state index in [1.165, 1.54) is 25.7 Å². The Morgan fingerprint density at radius 3 is 2.40 bits per heavy atom. The second-order valence-corrected chi connectivity index (χ2v) is 5.43. The minimum Gasteiger partial charge on any atom is -0.393 e. The Kier molecular flexibility index (Phi) is 5.07. The second-order valence-electron chi connectivity index (χ2n) is 5.43. The molecule has 0 aromatic carbocycles. The molecule has 0 heterocycles. The highest BCUT2D eigenvalue weighted by molar-refractivity contribution is 4.82. The van der Waals surface area contributed by atoms with Crippen LogP contribution in [0.5, 0.6) is 0 Å². The van der Waals surface area contributed by atoms with Crippen molar-refractivity contribution in [2.45, 2.75) is 71.1 Å². The van der Waals surface area contributed by atoms with Gasteiger partial charge < -0.3 is 10.0 Å². The number of nitrogens with zero attached hydrogens (tertiary/aromatic N) is 1. The largest absolute Gasteiger partial charge is 0.393 e. The maximum Gasteiger partial charge on any atom is 0.0526 e. The van der Waals surface area contributed by atoms with E-state index >= 15 is 0 Å². The van der Waals surface area contributed by atoms with Gasteiger partial charge in [-0.2, -0.15) is 0 Å². The zero-order valence-corrected chi connectivity index (χ0v) is 10.7. The molecule has 4 atom stereocenters. The topological polar surface area (TPSA) is 23.5 Å². The van der Waals surface area contributed by atoms with E-state index in [1.54, 1.807) is 0 Å². The lowest BCUT2D eigenvalue weighted by Crippen LogP contribution is -2.44. The first-order chi connectivity index (χ1) is 7.02. The van der Waals surface area contributed by atoms with Crippen LogP contribution in [0.15, 0.2) is 0 Å². The average molecular weight is 213 g/mol. The standard InChI is InChI=1S/C13H27NO/c1-10-7-5-6-8-13(10)14(4)11(2)9-12(3)15/h10-13,15H,5-9H2,1-4H3.